The van der Waals surface area contributed by atoms with Crippen LogP contribution in [0.15, 0.2) is 18.2 Å². The number of ether oxygens (including phenoxy) is 1. The molecule has 0 aromatic heterocycles. The standard InChI is InChI=1S/C33H54FNO/c1-7-19-35-32(3,4)22-28(23-33(35,5)6)30-18-15-27(21-31(30)34)26-11-9-24(10-12-26)25-13-16-29(17-14-25)36-20-8-2/h15,18,21,24-26,28-29H,7-14,16-17,19-20,22-23H2,1-6H3. The molecule has 1 saturated heterocycles. The molecule has 0 bridgehead atoms. The Hall–Kier alpha value is -0.930. The number of benzene rings is 1. The first-order valence-corrected chi connectivity index (χ1v) is 15.3. The van der Waals surface area contributed by atoms with Gasteiger partial charge in [-0.3, -0.25) is 4.90 Å². The van der Waals surface area contributed by atoms with Gasteiger partial charge in [-0.15, -0.1) is 0 Å². The third-order valence-electron chi connectivity index (χ3n) is 10.1. The van der Waals surface area contributed by atoms with Crippen molar-refractivity contribution in [3.63, 3.8) is 0 Å². The summed E-state index contributed by atoms with van der Waals surface area (Å²) in [7, 11) is 0. The molecule has 4 rings (SSSR count). The number of halogens is 1. The molecule has 3 heteroatoms. The highest BCUT2D eigenvalue weighted by molar-refractivity contribution is 5.31. The fourth-order valence-corrected chi connectivity index (χ4v) is 8.43. The van der Waals surface area contributed by atoms with Crippen LogP contribution in [-0.4, -0.2) is 35.2 Å². The van der Waals surface area contributed by atoms with E-state index in [4.69, 9.17) is 4.74 Å². The summed E-state index contributed by atoms with van der Waals surface area (Å²) in [5.41, 5.74) is 2.38. The topological polar surface area (TPSA) is 12.5 Å². The second-order valence-corrected chi connectivity index (χ2v) is 13.7. The maximum absolute atomic E-state index is 15.6. The van der Waals surface area contributed by atoms with E-state index in [1.807, 2.05) is 6.07 Å². The first-order valence-electron chi connectivity index (χ1n) is 15.3. The van der Waals surface area contributed by atoms with Crippen LogP contribution in [0.25, 0.3) is 0 Å². The van der Waals surface area contributed by atoms with Crippen LogP contribution in [0.4, 0.5) is 4.39 Å². The molecule has 204 valence electrons. The molecule has 1 aromatic rings. The van der Waals surface area contributed by atoms with E-state index in [-0.39, 0.29) is 16.9 Å². The molecule has 2 saturated carbocycles. The van der Waals surface area contributed by atoms with Crippen LogP contribution in [0.2, 0.25) is 0 Å². The van der Waals surface area contributed by atoms with Crippen LogP contribution in [-0.2, 0) is 4.74 Å². The second kappa shape index (κ2) is 11.9. The summed E-state index contributed by atoms with van der Waals surface area (Å²) in [5.74, 6) is 2.63. The highest BCUT2D eigenvalue weighted by Crippen LogP contribution is 2.47. The Labute approximate surface area is 221 Å². The van der Waals surface area contributed by atoms with E-state index in [0.717, 1.165) is 56.2 Å². The number of piperidine rings is 1. The van der Waals surface area contributed by atoms with Crippen molar-refractivity contribution >= 4 is 0 Å². The Morgan fingerprint density at radius 3 is 1.92 bits per heavy atom. The van der Waals surface area contributed by atoms with Crippen molar-refractivity contribution in [1.29, 1.82) is 0 Å². The molecule has 0 N–H and O–H groups in total. The van der Waals surface area contributed by atoms with Crippen LogP contribution in [0.1, 0.15) is 142 Å². The number of likely N-dealkylation sites (tertiary alicyclic amines) is 1. The predicted molar refractivity (Wildman–Crippen MR) is 150 cm³/mol. The lowest BCUT2D eigenvalue weighted by Crippen LogP contribution is -2.60. The van der Waals surface area contributed by atoms with Gasteiger partial charge >= 0.3 is 0 Å². The quantitative estimate of drug-likeness (QED) is 0.353. The Morgan fingerprint density at radius 1 is 0.806 bits per heavy atom. The fourth-order valence-electron chi connectivity index (χ4n) is 8.43. The van der Waals surface area contributed by atoms with Crippen molar-refractivity contribution in [2.45, 2.75) is 148 Å². The first-order chi connectivity index (χ1) is 17.1. The summed E-state index contributed by atoms with van der Waals surface area (Å²) in [4.78, 5) is 2.66. The molecule has 1 heterocycles. The molecule has 0 spiro atoms. The highest BCUT2D eigenvalue weighted by atomic mass is 19.1. The molecule has 2 aliphatic carbocycles. The zero-order chi connectivity index (χ0) is 25.9. The van der Waals surface area contributed by atoms with E-state index in [9.17, 15) is 0 Å². The van der Waals surface area contributed by atoms with Crippen LogP contribution in [0.5, 0.6) is 0 Å². The summed E-state index contributed by atoms with van der Waals surface area (Å²) in [6.45, 7) is 15.9. The maximum atomic E-state index is 15.6. The minimum absolute atomic E-state index is 0.0422. The van der Waals surface area contributed by atoms with Gasteiger partial charge in [-0.2, -0.15) is 0 Å². The van der Waals surface area contributed by atoms with Crippen molar-refractivity contribution in [3.05, 3.63) is 35.1 Å². The normalized spacial score (nSPS) is 31.4. The zero-order valence-electron chi connectivity index (χ0n) is 24.3. The fraction of sp³-hybridized carbons (Fsp3) is 0.818. The Kier molecular flexibility index (Phi) is 9.25. The molecule has 3 fully saturated rings. The average molecular weight is 500 g/mol. The zero-order valence-corrected chi connectivity index (χ0v) is 24.3. The molecule has 0 unspecified atom stereocenters. The van der Waals surface area contributed by atoms with Gasteiger partial charge in [-0.1, -0.05) is 26.0 Å². The van der Waals surface area contributed by atoms with E-state index in [0.29, 0.717) is 17.9 Å². The smallest absolute Gasteiger partial charge is 0.126 e. The monoisotopic (exact) mass is 499 g/mol. The van der Waals surface area contributed by atoms with Gasteiger partial charge < -0.3 is 4.74 Å². The van der Waals surface area contributed by atoms with Crippen molar-refractivity contribution < 1.29 is 9.13 Å². The van der Waals surface area contributed by atoms with Crippen LogP contribution in [0.3, 0.4) is 0 Å². The lowest BCUT2D eigenvalue weighted by molar-refractivity contribution is -0.0362. The van der Waals surface area contributed by atoms with Gasteiger partial charge in [-0.05, 0) is 152 Å². The van der Waals surface area contributed by atoms with Crippen LogP contribution >= 0.6 is 0 Å². The summed E-state index contributed by atoms with van der Waals surface area (Å²) >= 11 is 0. The van der Waals surface area contributed by atoms with E-state index in [1.54, 1.807) is 0 Å². The highest BCUT2D eigenvalue weighted by Gasteiger charge is 2.45. The lowest BCUT2D eigenvalue weighted by Gasteiger charge is -2.55. The van der Waals surface area contributed by atoms with Crippen LogP contribution < -0.4 is 0 Å². The van der Waals surface area contributed by atoms with Gasteiger partial charge in [0.1, 0.15) is 5.82 Å². The molecule has 1 aromatic carbocycles. The Bertz CT molecular complexity index is 814. The number of hydrogen-bond donors (Lipinski definition) is 0. The van der Waals surface area contributed by atoms with Crippen molar-refractivity contribution in [2.75, 3.05) is 13.2 Å². The minimum atomic E-state index is 0.0422. The predicted octanol–water partition coefficient (Wildman–Crippen LogP) is 9.23. The van der Waals surface area contributed by atoms with Crippen molar-refractivity contribution in [2.24, 2.45) is 11.8 Å². The summed E-state index contributed by atoms with van der Waals surface area (Å²) in [6.07, 6.45) is 15.1. The average Bonchev–Trinajstić information content (AvgIpc) is 2.85. The molecule has 2 nitrogen and oxygen atoms in total. The van der Waals surface area contributed by atoms with Gasteiger partial charge in [0.15, 0.2) is 0 Å². The third-order valence-corrected chi connectivity index (χ3v) is 10.1. The maximum Gasteiger partial charge on any atom is 0.126 e. The van der Waals surface area contributed by atoms with E-state index >= 15 is 4.39 Å². The summed E-state index contributed by atoms with van der Waals surface area (Å²) in [6, 6.07) is 6.34. The minimum Gasteiger partial charge on any atom is -0.378 e. The SMILES string of the molecule is CCCOC1CCC(C2CCC(c3ccc(C4CC(C)(C)N(CCC)C(C)(C)C4)c(F)c3)CC2)CC1. The summed E-state index contributed by atoms with van der Waals surface area (Å²) < 4.78 is 21.6. The molecule has 0 amide bonds. The van der Waals surface area contributed by atoms with Crippen molar-refractivity contribution in [1.82, 2.24) is 4.90 Å². The number of nitrogens with zero attached hydrogens (tertiary/aromatic N) is 1. The molecular formula is C33H54FNO. The number of hydrogen-bond acceptors (Lipinski definition) is 2. The summed E-state index contributed by atoms with van der Waals surface area (Å²) in [5, 5.41) is 0. The van der Waals surface area contributed by atoms with E-state index in [1.165, 1.54) is 56.9 Å². The van der Waals surface area contributed by atoms with Gasteiger partial charge in [0, 0.05) is 17.7 Å². The van der Waals surface area contributed by atoms with Crippen molar-refractivity contribution in [3.8, 4) is 0 Å². The van der Waals surface area contributed by atoms with E-state index in [2.05, 4.69) is 58.6 Å². The van der Waals surface area contributed by atoms with E-state index < -0.39 is 0 Å². The van der Waals surface area contributed by atoms with Gasteiger partial charge in [0.05, 0.1) is 6.10 Å². The molecule has 1 aliphatic heterocycles. The Morgan fingerprint density at radius 2 is 1.39 bits per heavy atom. The second-order valence-electron chi connectivity index (χ2n) is 13.7. The third kappa shape index (κ3) is 6.37. The van der Waals surface area contributed by atoms with Gasteiger partial charge in [-0.25, -0.2) is 4.39 Å². The Balaban J connectivity index is 1.34. The molecular weight excluding hydrogens is 445 g/mol. The molecule has 36 heavy (non-hydrogen) atoms. The largest absolute Gasteiger partial charge is 0.378 e. The molecule has 3 aliphatic rings. The first kappa shape index (κ1) is 28.1. The molecule has 0 radical (unpaired) electrons. The number of rotatable bonds is 8. The van der Waals surface area contributed by atoms with Crippen LogP contribution in [0, 0.1) is 17.7 Å². The lowest BCUT2D eigenvalue weighted by atomic mass is 9.69. The molecule has 0 atom stereocenters. The van der Waals surface area contributed by atoms with Gasteiger partial charge in [0.25, 0.3) is 0 Å². The van der Waals surface area contributed by atoms with Gasteiger partial charge in [0.2, 0.25) is 0 Å².